The zero-order valence-electron chi connectivity index (χ0n) is 17.1. The average Bonchev–Trinajstić information content (AvgIpc) is 3.33. The first-order valence-electron chi connectivity index (χ1n) is 10.6. The Morgan fingerprint density at radius 3 is 2.80 bits per heavy atom. The molecule has 2 aliphatic rings. The molecule has 0 spiro atoms. The van der Waals surface area contributed by atoms with E-state index < -0.39 is 0 Å². The second-order valence-corrected chi connectivity index (χ2v) is 9.05. The van der Waals surface area contributed by atoms with Gasteiger partial charge in [-0.1, -0.05) is 6.92 Å². The number of hydrogen-bond donors (Lipinski definition) is 0. The van der Waals surface area contributed by atoms with Crippen molar-refractivity contribution in [2.75, 3.05) is 49.2 Å². The highest BCUT2D eigenvalue weighted by Crippen LogP contribution is 2.36. The van der Waals surface area contributed by atoms with Crippen LogP contribution in [0.2, 0.25) is 0 Å². The number of piperidine rings is 1. The van der Waals surface area contributed by atoms with Crippen molar-refractivity contribution < 1.29 is 9.13 Å². The standard InChI is InChI=1S/C22H26FN5OS/c1-15(22-24-4-10-30-22)16-3-2-5-28(13-16)21-17-11-18(23)20(12-19(17)25-14-26-21)27-6-8-29-9-7-27/h4,10-12,14-16H,2-3,5-9,13H2,1H3/t15-,16?/m0/s1. The largest absolute Gasteiger partial charge is 0.378 e. The zero-order valence-corrected chi connectivity index (χ0v) is 17.9. The van der Waals surface area contributed by atoms with Crippen LogP contribution in [0.4, 0.5) is 15.9 Å². The molecule has 158 valence electrons. The quantitative estimate of drug-likeness (QED) is 0.625. The lowest BCUT2D eigenvalue weighted by Gasteiger charge is -2.36. The summed E-state index contributed by atoms with van der Waals surface area (Å²) in [5.41, 5.74) is 1.39. The van der Waals surface area contributed by atoms with E-state index in [0.717, 1.165) is 36.2 Å². The van der Waals surface area contributed by atoms with Gasteiger partial charge in [-0.25, -0.2) is 19.3 Å². The SMILES string of the molecule is C[C@H](c1nccs1)C1CCCN(c2ncnc3cc(N4CCOCC4)c(F)cc23)C1. The first-order chi connectivity index (χ1) is 14.7. The van der Waals surface area contributed by atoms with Crippen LogP contribution < -0.4 is 9.80 Å². The van der Waals surface area contributed by atoms with Crippen LogP contribution >= 0.6 is 11.3 Å². The lowest BCUT2D eigenvalue weighted by molar-refractivity contribution is 0.122. The van der Waals surface area contributed by atoms with Gasteiger partial charge < -0.3 is 14.5 Å². The van der Waals surface area contributed by atoms with Crippen molar-refractivity contribution in [1.82, 2.24) is 15.0 Å². The molecular weight excluding hydrogens is 401 g/mol. The van der Waals surface area contributed by atoms with Crippen molar-refractivity contribution in [3.63, 3.8) is 0 Å². The fourth-order valence-corrected chi connectivity index (χ4v) is 5.41. The third-order valence-corrected chi connectivity index (χ3v) is 7.32. The third-order valence-electron chi connectivity index (χ3n) is 6.34. The van der Waals surface area contributed by atoms with Gasteiger partial charge in [0, 0.05) is 49.1 Å². The van der Waals surface area contributed by atoms with Gasteiger partial charge in [0.15, 0.2) is 0 Å². The van der Waals surface area contributed by atoms with Gasteiger partial charge >= 0.3 is 0 Å². The smallest absolute Gasteiger partial charge is 0.147 e. The maximum Gasteiger partial charge on any atom is 0.147 e. The molecule has 0 saturated carbocycles. The van der Waals surface area contributed by atoms with E-state index in [9.17, 15) is 0 Å². The molecule has 1 aromatic carbocycles. The summed E-state index contributed by atoms with van der Waals surface area (Å²) in [7, 11) is 0. The van der Waals surface area contributed by atoms with Crippen LogP contribution in [0.15, 0.2) is 30.0 Å². The zero-order chi connectivity index (χ0) is 20.5. The molecule has 8 heteroatoms. The minimum absolute atomic E-state index is 0.217. The molecule has 0 N–H and O–H groups in total. The fraction of sp³-hybridized carbons (Fsp3) is 0.500. The maximum atomic E-state index is 15.1. The number of morpholine rings is 1. The molecule has 2 aromatic heterocycles. The Labute approximate surface area is 179 Å². The van der Waals surface area contributed by atoms with E-state index >= 15 is 4.39 Å². The second-order valence-electron chi connectivity index (χ2n) is 8.12. The molecule has 2 aliphatic heterocycles. The van der Waals surface area contributed by atoms with Crippen LogP contribution in [0.3, 0.4) is 0 Å². The Bertz CT molecular complexity index is 1010. The van der Waals surface area contributed by atoms with Gasteiger partial charge in [0.05, 0.1) is 29.4 Å². The van der Waals surface area contributed by atoms with E-state index in [-0.39, 0.29) is 5.82 Å². The van der Waals surface area contributed by atoms with Gasteiger partial charge in [-0.15, -0.1) is 11.3 Å². The van der Waals surface area contributed by atoms with Crippen LogP contribution in [0.1, 0.15) is 30.7 Å². The second kappa shape index (κ2) is 8.43. The van der Waals surface area contributed by atoms with Crippen LogP contribution in [-0.2, 0) is 4.74 Å². The van der Waals surface area contributed by atoms with E-state index in [1.54, 1.807) is 23.7 Å². The minimum atomic E-state index is -0.217. The Hall–Kier alpha value is -2.32. The molecule has 4 heterocycles. The molecule has 1 unspecified atom stereocenters. The topological polar surface area (TPSA) is 54.4 Å². The lowest BCUT2D eigenvalue weighted by Crippen LogP contribution is -2.38. The number of nitrogens with zero attached hydrogens (tertiary/aromatic N) is 5. The van der Waals surface area contributed by atoms with E-state index in [2.05, 4.69) is 26.8 Å². The number of rotatable bonds is 4. The molecule has 6 nitrogen and oxygen atoms in total. The highest BCUT2D eigenvalue weighted by atomic mass is 32.1. The monoisotopic (exact) mass is 427 g/mol. The number of thiazole rings is 1. The van der Waals surface area contributed by atoms with Gasteiger partial charge in [-0.2, -0.15) is 0 Å². The third kappa shape index (κ3) is 3.74. The average molecular weight is 428 g/mol. The first kappa shape index (κ1) is 19.6. The van der Waals surface area contributed by atoms with Crippen LogP contribution in [0.25, 0.3) is 10.9 Å². The highest BCUT2D eigenvalue weighted by Gasteiger charge is 2.29. The van der Waals surface area contributed by atoms with E-state index in [1.807, 2.05) is 22.5 Å². The highest BCUT2D eigenvalue weighted by molar-refractivity contribution is 7.09. The predicted molar refractivity (Wildman–Crippen MR) is 118 cm³/mol. The molecular formula is C22H26FN5OS. The van der Waals surface area contributed by atoms with Gasteiger partial charge in [0.2, 0.25) is 0 Å². The number of aromatic nitrogens is 3. The Kier molecular flexibility index (Phi) is 5.52. The van der Waals surface area contributed by atoms with Crippen molar-refractivity contribution in [2.45, 2.75) is 25.7 Å². The van der Waals surface area contributed by atoms with Crippen LogP contribution in [0, 0.1) is 11.7 Å². The van der Waals surface area contributed by atoms with Gasteiger partial charge in [0.25, 0.3) is 0 Å². The fourth-order valence-electron chi connectivity index (χ4n) is 4.62. The molecule has 2 fully saturated rings. The summed E-state index contributed by atoms with van der Waals surface area (Å²) in [5, 5.41) is 4.02. The summed E-state index contributed by atoms with van der Waals surface area (Å²) < 4.78 is 20.5. The molecule has 3 aromatic rings. The van der Waals surface area contributed by atoms with Gasteiger partial charge in [0.1, 0.15) is 18.0 Å². The molecule has 2 saturated heterocycles. The van der Waals surface area contributed by atoms with Gasteiger partial charge in [-0.05, 0) is 30.9 Å². The van der Waals surface area contributed by atoms with E-state index in [4.69, 9.17) is 4.74 Å². The van der Waals surface area contributed by atoms with Crippen LogP contribution in [-0.4, -0.2) is 54.3 Å². The van der Waals surface area contributed by atoms with E-state index in [1.165, 1.54) is 11.4 Å². The number of anilines is 2. The molecule has 0 aliphatic carbocycles. The summed E-state index contributed by atoms with van der Waals surface area (Å²) in [4.78, 5) is 17.9. The van der Waals surface area contributed by atoms with Crippen molar-refractivity contribution in [2.24, 2.45) is 5.92 Å². The van der Waals surface area contributed by atoms with Crippen molar-refractivity contribution in [3.05, 3.63) is 40.9 Å². The molecule has 30 heavy (non-hydrogen) atoms. The molecule has 0 radical (unpaired) electrons. The Morgan fingerprint density at radius 2 is 2.00 bits per heavy atom. The predicted octanol–water partition coefficient (Wildman–Crippen LogP) is 4.08. The first-order valence-corrected chi connectivity index (χ1v) is 11.5. The van der Waals surface area contributed by atoms with Crippen molar-refractivity contribution >= 4 is 33.7 Å². The van der Waals surface area contributed by atoms with Crippen molar-refractivity contribution in [3.8, 4) is 0 Å². The number of fused-ring (bicyclic) bond motifs is 1. The van der Waals surface area contributed by atoms with Crippen molar-refractivity contribution in [1.29, 1.82) is 0 Å². The normalized spacial score (nSPS) is 21.2. The number of benzene rings is 1. The summed E-state index contributed by atoms with van der Waals surface area (Å²) in [6, 6.07) is 3.48. The maximum absolute atomic E-state index is 15.1. The number of ether oxygens (including phenoxy) is 1. The minimum Gasteiger partial charge on any atom is -0.378 e. The number of halogens is 1. The lowest BCUT2D eigenvalue weighted by atomic mass is 9.87. The Balaban J connectivity index is 1.44. The molecule has 0 amide bonds. The summed E-state index contributed by atoms with van der Waals surface area (Å²) in [6.07, 6.45) is 5.76. The van der Waals surface area contributed by atoms with Crippen LogP contribution in [0.5, 0.6) is 0 Å². The molecule has 2 atom stereocenters. The number of hydrogen-bond acceptors (Lipinski definition) is 7. The summed E-state index contributed by atoms with van der Waals surface area (Å²) in [5.74, 6) is 1.53. The Morgan fingerprint density at radius 1 is 1.13 bits per heavy atom. The molecule has 0 bridgehead atoms. The summed E-state index contributed by atoms with van der Waals surface area (Å²) >= 11 is 1.72. The molecule has 5 rings (SSSR count). The van der Waals surface area contributed by atoms with Gasteiger partial charge in [-0.3, -0.25) is 0 Å². The summed E-state index contributed by atoms with van der Waals surface area (Å²) in [6.45, 7) is 6.74. The van der Waals surface area contributed by atoms with E-state index in [0.29, 0.717) is 43.8 Å².